The fraction of sp³-hybridized carbons (Fsp3) is 0.600. The van der Waals surface area contributed by atoms with E-state index in [0.29, 0.717) is 5.92 Å². The highest BCUT2D eigenvalue weighted by molar-refractivity contribution is 9.10. The minimum Gasteiger partial charge on any atom is -0.324 e. The third kappa shape index (κ3) is 3.33. The molecule has 1 aliphatic carbocycles. The Morgan fingerprint density at radius 3 is 2.50 bits per heavy atom. The van der Waals surface area contributed by atoms with Crippen LogP contribution in [0.5, 0.6) is 0 Å². The van der Waals surface area contributed by atoms with Crippen LogP contribution < -0.4 is 5.73 Å². The second-order valence-corrected chi connectivity index (χ2v) is 6.33. The zero-order chi connectivity index (χ0) is 13.1. The first-order valence-corrected chi connectivity index (χ1v) is 7.61. The van der Waals surface area contributed by atoms with Gasteiger partial charge in [-0.05, 0) is 48.4 Å². The molecule has 0 amide bonds. The van der Waals surface area contributed by atoms with Crippen molar-refractivity contribution in [3.05, 3.63) is 34.1 Å². The van der Waals surface area contributed by atoms with Crippen LogP contribution in [0.4, 0.5) is 4.39 Å². The quantitative estimate of drug-likeness (QED) is 0.852. The fourth-order valence-electron chi connectivity index (χ4n) is 3.00. The lowest BCUT2D eigenvalue weighted by Gasteiger charge is -2.32. The summed E-state index contributed by atoms with van der Waals surface area (Å²) in [5.74, 6) is 1.16. The first-order chi connectivity index (χ1) is 8.60. The van der Waals surface area contributed by atoms with Crippen LogP contribution in [0.2, 0.25) is 0 Å². The summed E-state index contributed by atoms with van der Waals surface area (Å²) < 4.78 is 14.2. The van der Waals surface area contributed by atoms with Crippen molar-refractivity contribution >= 4 is 15.9 Å². The standard InChI is InChI=1S/C15H21BrFN/c1-2-10-3-5-11(6-4-10)15(18)12-7-13(16)9-14(17)8-12/h7-11,15H,2-6,18H2,1H3. The van der Waals surface area contributed by atoms with Crippen molar-refractivity contribution in [3.63, 3.8) is 0 Å². The summed E-state index contributed by atoms with van der Waals surface area (Å²) in [5, 5.41) is 0. The van der Waals surface area contributed by atoms with E-state index in [0.717, 1.165) is 16.0 Å². The predicted octanol–water partition coefficient (Wildman–Crippen LogP) is 4.80. The van der Waals surface area contributed by atoms with Crippen molar-refractivity contribution in [1.29, 1.82) is 0 Å². The molecular weight excluding hydrogens is 293 g/mol. The molecule has 0 bridgehead atoms. The molecule has 1 saturated carbocycles. The molecule has 0 spiro atoms. The highest BCUT2D eigenvalue weighted by atomic mass is 79.9. The first kappa shape index (κ1) is 14.0. The smallest absolute Gasteiger partial charge is 0.124 e. The van der Waals surface area contributed by atoms with Crippen LogP contribution >= 0.6 is 15.9 Å². The van der Waals surface area contributed by atoms with Crippen LogP contribution in [0.15, 0.2) is 22.7 Å². The average molecular weight is 314 g/mol. The molecule has 1 atom stereocenters. The summed E-state index contributed by atoms with van der Waals surface area (Å²) in [7, 11) is 0. The Bertz CT molecular complexity index is 379. The number of rotatable bonds is 3. The normalized spacial score (nSPS) is 26.0. The monoisotopic (exact) mass is 313 g/mol. The van der Waals surface area contributed by atoms with Gasteiger partial charge in [-0.3, -0.25) is 0 Å². The Kier molecular flexibility index (Phi) is 4.79. The van der Waals surface area contributed by atoms with Gasteiger partial charge in [-0.15, -0.1) is 0 Å². The van der Waals surface area contributed by atoms with Crippen LogP contribution in [0.3, 0.4) is 0 Å². The Morgan fingerprint density at radius 2 is 1.94 bits per heavy atom. The molecule has 0 radical (unpaired) electrons. The van der Waals surface area contributed by atoms with E-state index in [-0.39, 0.29) is 11.9 Å². The topological polar surface area (TPSA) is 26.0 Å². The third-order valence-corrected chi connectivity index (χ3v) is 4.70. The van der Waals surface area contributed by atoms with Crippen molar-refractivity contribution in [3.8, 4) is 0 Å². The Labute approximate surface area is 117 Å². The minimum absolute atomic E-state index is 0.0326. The molecule has 1 aromatic carbocycles. The molecule has 1 unspecified atom stereocenters. The summed E-state index contributed by atoms with van der Waals surface area (Å²) in [6.07, 6.45) is 6.16. The van der Waals surface area contributed by atoms with Gasteiger partial charge in [0.05, 0.1) is 0 Å². The SMILES string of the molecule is CCC1CCC(C(N)c2cc(F)cc(Br)c2)CC1. The van der Waals surface area contributed by atoms with Crippen molar-refractivity contribution in [2.45, 2.75) is 45.1 Å². The molecule has 0 saturated heterocycles. The lowest BCUT2D eigenvalue weighted by molar-refractivity contribution is 0.239. The number of benzene rings is 1. The summed E-state index contributed by atoms with van der Waals surface area (Å²) in [5.41, 5.74) is 7.23. The maximum atomic E-state index is 13.4. The molecular formula is C15H21BrFN. The highest BCUT2D eigenvalue weighted by Gasteiger charge is 2.26. The zero-order valence-corrected chi connectivity index (χ0v) is 12.4. The zero-order valence-electron chi connectivity index (χ0n) is 10.8. The third-order valence-electron chi connectivity index (χ3n) is 4.25. The van der Waals surface area contributed by atoms with Gasteiger partial charge in [0.25, 0.3) is 0 Å². The lowest BCUT2D eigenvalue weighted by atomic mass is 9.76. The summed E-state index contributed by atoms with van der Waals surface area (Å²) in [6.45, 7) is 2.26. The van der Waals surface area contributed by atoms with Crippen LogP contribution in [0.1, 0.15) is 50.6 Å². The van der Waals surface area contributed by atoms with E-state index in [1.54, 1.807) is 6.07 Å². The van der Waals surface area contributed by atoms with E-state index in [1.165, 1.54) is 38.2 Å². The Morgan fingerprint density at radius 1 is 1.28 bits per heavy atom. The number of hydrogen-bond acceptors (Lipinski definition) is 1. The molecule has 2 N–H and O–H groups in total. The molecule has 1 nitrogen and oxygen atoms in total. The largest absolute Gasteiger partial charge is 0.324 e. The highest BCUT2D eigenvalue weighted by Crippen LogP contribution is 2.37. The lowest BCUT2D eigenvalue weighted by Crippen LogP contribution is -2.26. The van der Waals surface area contributed by atoms with Crippen LogP contribution in [0.25, 0.3) is 0 Å². The molecule has 18 heavy (non-hydrogen) atoms. The van der Waals surface area contributed by atoms with E-state index >= 15 is 0 Å². The van der Waals surface area contributed by atoms with E-state index in [4.69, 9.17) is 5.73 Å². The molecule has 1 aliphatic rings. The van der Waals surface area contributed by atoms with Crippen molar-refractivity contribution in [2.24, 2.45) is 17.6 Å². The molecule has 3 heteroatoms. The number of nitrogens with two attached hydrogens (primary N) is 1. The second kappa shape index (κ2) is 6.16. The van der Waals surface area contributed by atoms with Crippen LogP contribution in [-0.2, 0) is 0 Å². The molecule has 0 aliphatic heterocycles. The van der Waals surface area contributed by atoms with Crippen LogP contribution in [0, 0.1) is 17.7 Å². The van der Waals surface area contributed by atoms with Crippen molar-refractivity contribution < 1.29 is 4.39 Å². The Hall–Kier alpha value is -0.410. The summed E-state index contributed by atoms with van der Waals surface area (Å²) >= 11 is 3.33. The van der Waals surface area contributed by atoms with Crippen LogP contribution in [-0.4, -0.2) is 0 Å². The molecule has 2 rings (SSSR count). The van der Waals surface area contributed by atoms with Gasteiger partial charge in [-0.2, -0.15) is 0 Å². The van der Waals surface area contributed by atoms with Gasteiger partial charge in [0, 0.05) is 10.5 Å². The average Bonchev–Trinajstić information content (AvgIpc) is 2.37. The van der Waals surface area contributed by atoms with Crippen molar-refractivity contribution in [2.75, 3.05) is 0 Å². The summed E-state index contributed by atoms with van der Waals surface area (Å²) in [6, 6.07) is 4.96. The first-order valence-electron chi connectivity index (χ1n) is 6.81. The maximum Gasteiger partial charge on any atom is 0.124 e. The molecule has 0 heterocycles. The van der Waals surface area contributed by atoms with Crippen molar-refractivity contribution in [1.82, 2.24) is 0 Å². The van der Waals surface area contributed by atoms with Gasteiger partial charge in [0.15, 0.2) is 0 Å². The fourth-order valence-corrected chi connectivity index (χ4v) is 3.48. The van der Waals surface area contributed by atoms with Gasteiger partial charge >= 0.3 is 0 Å². The van der Waals surface area contributed by atoms with Gasteiger partial charge in [-0.1, -0.05) is 42.1 Å². The van der Waals surface area contributed by atoms with E-state index in [2.05, 4.69) is 22.9 Å². The van der Waals surface area contributed by atoms with E-state index in [1.807, 2.05) is 6.07 Å². The van der Waals surface area contributed by atoms with Gasteiger partial charge in [0.1, 0.15) is 5.82 Å². The summed E-state index contributed by atoms with van der Waals surface area (Å²) in [4.78, 5) is 0. The van der Waals surface area contributed by atoms with Gasteiger partial charge in [0.2, 0.25) is 0 Å². The second-order valence-electron chi connectivity index (χ2n) is 5.42. The predicted molar refractivity (Wildman–Crippen MR) is 76.8 cm³/mol. The number of hydrogen-bond donors (Lipinski definition) is 1. The van der Waals surface area contributed by atoms with Gasteiger partial charge < -0.3 is 5.73 Å². The van der Waals surface area contributed by atoms with Gasteiger partial charge in [-0.25, -0.2) is 4.39 Å². The maximum absolute atomic E-state index is 13.4. The molecule has 1 fully saturated rings. The molecule has 0 aromatic heterocycles. The molecule has 1 aromatic rings. The minimum atomic E-state index is -0.211. The number of halogens is 2. The van der Waals surface area contributed by atoms with E-state index in [9.17, 15) is 4.39 Å². The Balaban J connectivity index is 2.05. The molecule has 100 valence electrons. The van der Waals surface area contributed by atoms with E-state index < -0.39 is 0 Å².